The molecule has 0 atom stereocenters. The Morgan fingerprint density at radius 3 is 1.86 bits per heavy atom. The summed E-state index contributed by atoms with van der Waals surface area (Å²) >= 11 is 0. The average molecular weight is 196 g/mol. The van der Waals surface area contributed by atoms with Gasteiger partial charge in [-0.3, -0.25) is 0 Å². The summed E-state index contributed by atoms with van der Waals surface area (Å²) in [5.41, 5.74) is 1.25. The lowest BCUT2D eigenvalue weighted by atomic mass is 9.95. The van der Waals surface area contributed by atoms with Crippen molar-refractivity contribution >= 4 is 0 Å². The third kappa shape index (κ3) is 1.89. The quantitative estimate of drug-likeness (QED) is 0.763. The number of hydrogen-bond donors (Lipinski definition) is 1. The third-order valence-corrected chi connectivity index (χ3v) is 2.42. The van der Waals surface area contributed by atoms with Crippen LogP contribution >= 0.6 is 0 Å². The van der Waals surface area contributed by atoms with Gasteiger partial charge in [-0.05, 0) is 23.0 Å². The molecule has 0 aliphatic rings. The van der Waals surface area contributed by atoms with E-state index in [0.29, 0.717) is 11.1 Å². The standard InChI is InChI=1S/C12H17FO/c1-7(2)9-5-6-10(8(3)4)12(14)11(9)13/h5-8,14H,1-4H3. The Hall–Kier alpha value is -1.05. The summed E-state index contributed by atoms with van der Waals surface area (Å²) in [5.74, 6) is -0.412. The molecule has 1 aromatic rings. The number of benzene rings is 1. The van der Waals surface area contributed by atoms with Gasteiger partial charge in [-0.25, -0.2) is 4.39 Å². The summed E-state index contributed by atoms with van der Waals surface area (Å²) < 4.78 is 13.6. The van der Waals surface area contributed by atoms with Gasteiger partial charge in [0, 0.05) is 0 Å². The fourth-order valence-corrected chi connectivity index (χ4v) is 1.51. The summed E-state index contributed by atoms with van der Waals surface area (Å²) in [6.07, 6.45) is 0. The second-order valence-electron chi connectivity index (χ2n) is 4.22. The molecule has 0 bridgehead atoms. The Bertz CT molecular complexity index is 296. The monoisotopic (exact) mass is 196 g/mol. The molecule has 0 amide bonds. The van der Waals surface area contributed by atoms with E-state index in [1.807, 2.05) is 27.7 Å². The molecule has 0 unspecified atom stereocenters. The minimum Gasteiger partial charge on any atom is -0.505 e. The lowest BCUT2D eigenvalue weighted by Crippen LogP contribution is -1.97. The van der Waals surface area contributed by atoms with Crippen LogP contribution in [0, 0.1) is 5.82 Å². The maximum Gasteiger partial charge on any atom is 0.168 e. The van der Waals surface area contributed by atoms with Gasteiger partial charge in [-0.2, -0.15) is 0 Å². The van der Waals surface area contributed by atoms with Gasteiger partial charge in [0.2, 0.25) is 0 Å². The second-order valence-corrected chi connectivity index (χ2v) is 4.22. The highest BCUT2D eigenvalue weighted by Crippen LogP contribution is 2.32. The molecule has 0 saturated carbocycles. The molecular weight excluding hydrogens is 179 g/mol. The molecule has 1 aromatic carbocycles. The fraction of sp³-hybridized carbons (Fsp3) is 0.500. The molecule has 14 heavy (non-hydrogen) atoms. The summed E-state index contributed by atoms with van der Waals surface area (Å²) in [4.78, 5) is 0. The first-order valence-electron chi connectivity index (χ1n) is 4.96. The van der Waals surface area contributed by atoms with Crippen molar-refractivity contribution in [1.29, 1.82) is 0 Å². The Balaban J connectivity index is 3.26. The Labute approximate surface area is 84.6 Å². The topological polar surface area (TPSA) is 20.2 Å². The molecular formula is C12H17FO. The summed E-state index contributed by atoms with van der Waals surface area (Å²) in [6.45, 7) is 7.69. The molecule has 0 aromatic heterocycles. The van der Waals surface area contributed by atoms with Crippen molar-refractivity contribution in [3.05, 3.63) is 29.1 Å². The van der Waals surface area contributed by atoms with Crippen LogP contribution in [0.25, 0.3) is 0 Å². The van der Waals surface area contributed by atoms with Gasteiger partial charge in [-0.15, -0.1) is 0 Å². The van der Waals surface area contributed by atoms with Crippen LogP contribution in [0.3, 0.4) is 0 Å². The van der Waals surface area contributed by atoms with E-state index in [-0.39, 0.29) is 17.6 Å². The normalized spacial score (nSPS) is 11.4. The van der Waals surface area contributed by atoms with Gasteiger partial charge < -0.3 is 5.11 Å². The molecule has 0 heterocycles. The first kappa shape index (κ1) is 11.0. The molecule has 0 radical (unpaired) electrons. The second kappa shape index (κ2) is 3.99. The fourth-order valence-electron chi connectivity index (χ4n) is 1.51. The van der Waals surface area contributed by atoms with Crippen LogP contribution in [0.15, 0.2) is 12.1 Å². The summed E-state index contributed by atoms with van der Waals surface area (Å²) in [5, 5.41) is 9.62. The summed E-state index contributed by atoms with van der Waals surface area (Å²) in [6, 6.07) is 3.56. The van der Waals surface area contributed by atoms with Crippen molar-refractivity contribution in [2.45, 2.75) is 39.5 Å². The van der Waals surface area contributed by atoms with E-state index in [9.17, 15) is 9.50 Å². The highest BCUT2D eigenvalue weighted by atomic mass is 19.1. The largest absolute Gasteiger partial charge is 0.505 e. The van der Waals surface area contributed by atoms with Crippen LogP contribution in [0.1, 0.15) is 50.7 Å². The summed E-state index contributed by atoms with van der Waals surface area (Å²) in [7, 11) is 0. The van der Waals surface area contributed by atoms with Crippen LogP contribution in [-0.2, 0) is 0 Å². The molecule has 0 aliphatic heterocycles. The zero-order chi connectivity index (χ0) is 10.9. The number of hydrogen-bond acceptors (Lipinski definition) is 1. The first-order valence-corrected chi connectivity index (χ1v) is 4.96. The van der Waals surface area contributed by atoms with Crippen LogP contribution < -0.4 is 0 Å². The van der Waals surface area contributed by atoms with E-state index in [0.717, 1.165) is 0 Å². The number of phenols is 1. The predicted molar refractivity (Wildman–Crippen MR) is 56.2 cm³/mol. The van der Waals surface area contributed by atoms with E-state index in [4.69, 9.17) is 0 Å². The zero-order valence-corrected chi connectivity index (χ0v) is 9.13. The number of halogens is 1. The molecule has 2 heteroatoms. The van der Waals surface area contributed by atoms with Crippen molar-refractivity contribution < 1.29 is 9.50 Å². The zero-order valence-electron chi connectivity index (χ0n) is 9.13. The van der Waals surface area contributed by atoms with Crippen molar-refractivity contribution in [1.82, 2.24) is 0 Å². The Morgan fingerprint density at radius 1 is 1.00 bits per heavy atom. The Morgan fingerprint density at radius 2 is 1.43 bits per heavy atom. The minimum absolute atomic E-state index is 0.0992. The predicted octanol–water partition coefficient (Wildman–Crippen LogP) is 3.78. The SMILES string of the molecule is CC(C)c1ccc(C(C)C)c(F)c1O. The molecule has 1 rings (SSSR count). The smallest absolute Gasteiger partial charge is 0.168 e. The van der Waals surface area contributed by atoms with E-state index < -0.39 is 5.82 Å². The van der Waals surface area contributed by atoms with Gasteiger partial charge in [0.05, 0.1) is 0 Å². The van der Waals surface area contributed by atoms with Crippen LogP contribution in [0.4, 0.5) is 4.39 Å². The number of aromatic hydroxyl groups is 1. The highest BCUT2D eigenvalue weighted by Gasteiger charge is 2.15. The van der Waals surface area contributed by atoms with E-state index in [2.05, 4.69) is 0 Å². The molecule has 0 saturated heterocycles. The van der Waals surface area contributed by atoms with Gasteiger partial charge in [0.15, 0.2) is 11.6 Å². The molecule has 0 aliphatic carbocycles. The maximum atomic E-state index is 13.6. The van der Waals surface area contributed by atoms with Crippen LogP contribution in [-0.4, -0.2) is 5.11 Å². The molecule has 78 valence electrons. The lowest BCUT2D eigenvalue weighted by molar-refractivity contribution is 0.417. The maximum absolute atomic E-state index is 13.6. The minimum atomic E-state index is -0.466. The van der Waals surface area contributed by atoms with Crippen molar-refractivity contribution in [3.8, 4) is 5.75 Å². The van der Waals surface area contributed by atoms with E-state index in [1.165, 1.54) is 0 Å². The van der Waals surface area contributed by atoms with Gasteiger partial charge in [0.1, 0.15) is 0 Å². The van der Waals surface area contributed by atoms with E-state index >= 15 is 0 Å². The van der Waals surface area contributed by atoms with Crippen molar-refractivity contribution in [2.75, 3.05) is 0 Å². The molecule has 1 N–H and O–H groups in total. The average Bonchev–Trinajstić information content (AvgIpc) is 2.08. The molecule has 1 nitrogen and oxygen atoms in total. The van der Waals surface area contributed by atoms with Crippen molar-refractivity contribution in [3.63, 3.8) is 0 Å². The Kier molecular flexibility index (Phi) is 3.14. The number of phenolic OH excluding ortho intramolecular Hbond substituents is 1. The van der Waals surface area contributed by atoms with Gasteiger partial charge >= 0.3 is 0 Å². The molecule has 0 spiro atoms. The molecule has 0 fully saturated rings. The van der Waals surface area contributed by atoms with E-state index in [1.54, 1.807) is 12.1 Å². The van der Waals surface area contributed by atoms with Gasteiger partial charge in [0.25, 0.3) is 0 Å². The van der Waals surface area contributed by atoms with Crippen LogP contribution in [0.2, 0.25) is 0 Å². The van der Waals surface area contributed by atoms with Crippen molar-refractivity contribution in [2.24, 2.45) is 0 Å². The third-order valence-electron chi connectivity index (χ3n) is 2.42. The lowest BCUT2D eigenvalue weighted by Gasteiger charge is -2.13. The van der Waals surface area contributed by atoms with Crippen LogP contribution in [0.5, 0.6) is 5.75 Å². The number of rotatable bonds is 2. The first-order chi connectivity index (χ1) is 6.45. The highest BCUT2D eigenvalue weighted by molar-refractivity contribution is 5.41. The van der Waals surface area contributed by atoms with Gasteiger partial charge in [-0.1, -0.05) is 39.8 Å².